The van der Waals surface area contributed by atoms with Crippen LogP contribution in [0.25, 0.3) is 0 Å². The number of nitrogens with one attached hydrogen (secondary N) is 1. The number of ether oxygens (including phenoxy) is 1. The van der Waals surface area contributed by atoms with Crippen LogP contribution in [0.15, 0.2) is 24.3 Å². The van der Waals surface area contributed by atoms with Gasteiger partial charge in [-0.05, 0) is 31.2 Å². The monoisotopic (exact) mass is 206 g/mol. The fourth-order valence-corrected chi connectivity index (χ4v) is 1.89. The molecule has 1 atom stereocenters. The van der Waals surface area contributed by atoms with Crippen molar-refractivity contribution in [1.29, 1.82) is 0 Å². The highest BCUT2D eigenvalue weighted by atomic mass is 16.5. The Morgan fingerprint density at radius 2 is 2.07 bits per heavy atom. The molecule has 0 spiro atoms. The maximum absolute atomic E-state index is 5.52. The number of benzene rings is 1. The van der Waals surface area contributed by atoms with Crippen LogP contribution in [0.2, 0.25) is 0 Å². The molecule has 0 bridgehead atoms. The molecule has 1 aromatic rings. The summed E-state index contributed by atoms with van der Waals surface area (Å²) in [5.74, 6) is 0. The predicted octanol–water partition coefficient (Wildman–Crippen LogP) is 1.95. The minimum Gasteiger partial charge on any atom is -0.388 e. The molecule has 0 aliphatic carbocycles. The summed E-state index contributed by atoms with van der Waals surface area (Å²) >= 11 is 0. The van der Waals surface area contributed by atoms with Crippen LogP contribution in [0, 0.1) is 0 Å². The Balaban J connectivity index is 2.07. The molecular formula is C12H18N2O. The van der Waals surface area contributed by atoms with E-state index in [9.17, 15) is 0 Å². The molecule has 1 aliphatic heterocycles. The van der Waals surface area contributed by atoms with Crippen LogP contribution < -0.4 is 10.2 Å². The molecule has 1 aromatic carbocycles. The minimum absolute atomic E-state index is 0.336. The normalized spacial score (nSPS) is 21.5. The van der Waals surface area contributed by atoms with Crippen molar-refractivity contribution in [2.24, 2.45) is 0 Å². The molecule has 0 saturated carbocycles. The van der Waals surface area contributed by atoms with Crippen LogP contribution in [0.3, 0.4) is 0 Å². The summed E-state index contributed by atoms with van der Waals surface area (Å²) in [6.45, 7) is 4.92. The molecule has 82 valence electrons. The van der Waals surface area contributed by atoms with Gasteiger partial charge in [-0.25, -0.2) is 0 Å². The minimum atomic E-state index is 0.336. The largest absolute Gasteiger partial charge is 0.388 e. The van der Waals surface area contributed by atoms with Gasteiger partial charge in [-0.2, -0.15) is 0 Å². The molecule has 1 aliphatic rings. The van der Waals surface area contributed by atoms with Gasteiger partial charge in [-0.1, -0.05) is 0 Å². The van der Waals surface area contributed by atoms with E-state index in [1.807, 2.05) is 7.05 Å². The van der Waals surface area contributed by atoms with E-state index < -0.39 is 0 Å². The zero-order valence-corrected chi connectivity index (χ0v) is 9.36. The molecule has 15 heavy (non-hydrogen) atoms. The van der Waals surface area contributed by atoms with Crippen LogP contribution in [0.4, 0.5) is 11.4 Å². The lowest BCUT2D eigenvalue weighted by Gasteiger charge is -2.33. The number of anilines is 2. The first-order valence-electron chi connectivity index (χ1n) is 5.44. The maximum atomic E-state index is 5.52. The Morgan fingerprint density at radius 3 is 2.67 bits per heavy atom. The van der Waals surface area contributed by atoms with Crippen LogP contribution in [0.1, 0.15) is 6.92 Å². The van der Waals surface area contributed by atoms with Gasteiger partial charge >= 0.3 is 0 Å². The second-order valence-electron chi connectivity index (χ2n) is 3.92. The van der Waals surface area contributed by atoms with Crippen molar-refractivity contribution in [3.05, 3.63) is 24.3 Å². The van der Waals surface area contributed by atoms with Gasteiger partial charge in [0.25, 0.3) is 0 Å². The summed E-state index contributed by atoms with van der Waals surface area (Å²) in [6, 6.07) is 8.53. The van der Waals surface area contributed by atoms with E-state index in [-0.39, 0.29) is 0 Å². The smallest absolute Gasteiger partial charge is 0.0722 e. The van der Waals surface area contributed by atoms with Crippen molar-refractivity contribution in [3.8, 4) is 0 Å². The quantitative estimate of drug-likeness (QED) is 0.800. The molecular weight excluding hydrogens is 188 g/mol. The summed E-state index contributed by atoms with van der Waals surface area (Å²) in [7, 11) is 1.94. The zero-order chi connectivity index (χ0) is 10.7. The van der Waals surface area contributed by atoms with Crippen molar-refractivity contribution in [3.63, 3.8) is 0 Å². The fraction of sp³-hybridized carbons (Fsp3) is 0.500. The third-order valence-corrected chi connectivity index (χ3v) is 2.76. The maximum Gasteiger partial charge on any atom is 0.0722 e. The summed E-state index contributed by atoms with van der Waals surface area (Å²) < 4.78 is 5.52. The van der Waals surface area contributed by atoms with E-state index in [0.717, 1.165) is 25.4 Å². The first-order valence-corrected chi connectivity index (χ1v) is 5.44. The standard InChI is InChI=1S/C12H18N2O/c1-10-9-14(7-8-15-10)12-5-3-11(13-2)4-6-12/h3-6,10,13H,7-9H2,1-2H3/t10-/m1/s1. The summed E-state index contributed by atoms with van der Waals surface area (Å²) in [4.78, 5) is 2.37. The highest BCUT2D eigenvalue weighted by Crippen LogP contribution is 2.19. The third-order valence-electron chi connectivity index (χ3n) is 2.76. The lowest BCUT2D eigenvalue weighted by molar-refractivity contribution is 0.0532. The van der Waals surface area contributed by atoms with Gasteiger partial charge in [0.15, 0.2) is 0 Å². The number of hydrogen-bond acceptors (Lipinski definition) is 3. The van der Waals surface area contributed by atoms with E-state index in [2.05, 4.69) is 41.4 Å². The summed E-state index contributed by atoms with van der Waals surface area (Å²) in [5.41, 5.74) is 2.43. The molecule has 0 amide bonds. The lowest BCUT2D eigenvalue weighted by Crippen LogP contribution is -2.41. The van der Waals surface area contributed by atoms with Gasteiger partial charge in [-0.3, -0.25) is 0 Å². The van der Waals surface area contributed by atoms with Crippen LogP contribution in [0.5, 0.6) is 0 Å². The zero-order valence-electron chi connectivity index (χ0n) is 9.36. The lowest BCUT2D eigenvalue weighted by atomic mass is 10.2. The average molecular weight is 206 g/mol. The molecule has 1 fully saturated rings. The number of nitrogens with zero attached hydrogens (tertiary/aromatic N) is 1. The van der Waals surface area contributed by atoms with Crippen LogP contribution in [-0.4, -0.2) is 32.8 Å². The second kappa shape index (κ2) is 4.53. The Labute approximate surface area is 91.0 Å². The first kappa shape index (κ1) is 10.3. The van der Waals surface area contributed by atoms with Crippen LogP contribution >= 0.6 is 0 Å². The molecule has 2 rings (SSSR count). The first-order chi connectivity index (χ1) is 7.29. The van der Waals surface area contributed by atoms with E-state index in [4.69, 9.17) is 4.74 Å². The topological polar surface area (TPSA) is 24.5 Å². The molecule has 0 aromatic heterocycles. The van der Waals surface area contributed by atoms with Crippen molar-refractivity contribution in [1.82, 2.24) is 0 Å². The van der Waals surface area contributed by atoms with E-state index in [1.54, 1.807) is 0 Å². The van der Waals surface area contributed by atoms with Crippen molar-refractivity contribution in [2.45, 2.75) is 13.0 Å². The van der Waals surface area contributed by atoms with Gasteiger partial charge in [-0.15, -0.1) is 0 Å². The molecule has 0 unspecified atom stereocenters. The predicted molar refractivity (Wildman–Crippen MR) is 63.6 cm³/mol. The highest BCUT2D eigenvalue weighted by molar-refractivity contribution is 5.55. The van der Waals surface area contributed by atoms with Gasteiger partial charge in [0.2, 0.25) is 0 Å². The van der Waals surface area contributed by atoms with E-state index in [1.165, 1.54) is 5.69 Å². The fourth-order valence-electron chi connectivity index (χ4n) is 1.89. The van der Waals surface area contributed by atoms with Crippen molar-refractivity contribution < 1.29 is 4.74 Å². The molecule has 1 N–H and O–H groups in total. The van der Waals surface area contributed by atoms with E-state index >= 15 is 0 Å². The number of hydrogen-bond donors (Lipinski definition) is 1. The summed E-state index contributed by atoms with van der Waals surface area (Å²) in [5, 5.41) is 3.12. The van der Waals surface area contributed by atoms with Crippen LogP contribution in [-0.2, 0) is 4.74 Å². The SMILES string of the molecule is CNc1ccc(N2CCO[C@H](C)C2)cc1. The number of rotatable bonds is 2. The highest BCUT2D eigenvalue weighted by Gasteiger charge is 2.16. The van der Waals surface area contributed by atoms with E-state index in [0.29, 0.717) is 6.10 Å². The van der Waals surface area contributed by atoms with Gasteiger partial charge in [0.1, 0.15) is 0 Å². The molecule has 0 radical (unpaired) electrons. The molecule has 3 nitrogen and oxygen atoms in total. The molecule has 3 heteroatoms. The molecule has 1 heterocycles. The molecule has 1 saturated heterocycles. The average Bonchev–Trinajstić information content (AvgIpc) is 2.29. The Kier molecular flexibility index (Phi) is 3.11. The Morgan fingerprint density at radius 1 is 1.33 bits per heavy atom. The van der Waals surface area contributed by atoms with Gasteiger partial charge < -0.3 is 15.0 Å². The third kappa shape index (κ3) is 2.42. The summed E-state index contributed by atoms with van der Waals surface area (Å²) in [6.07, 6.45) is 0.336. The van der Waals surface area contributed by atoms with Gasteiger partial charge in [0.05, 0.1) is 12.7 Å². The number of morpholine rings is 1. The van der Waals surface area contributed by atoms with Crippen molar-refractivity contribution >= 4 is 11.4 Å². The Bertz CT molecular complexity index is 310. The Hall–Kier alpha value is -1.22. The second-order valence-corrected chi connectivity index (χ2v) is 3.92. The van der Waals surface area contributed by atoms with Crippen molar-refractivity contribution in [2.75, 3.05) is 37.0 Å². The van der Waals surface area contributed by atoms with Gasteiger partial charge in [0, 0.05) is 31.5 Å².